The molecular formula is C27H23BrO6. The van der Waals surface area contributed by atoms with E-state index >= 15 is 0 Å². The van der Waals surface area contributed by atoms with Gasteiger partial charge < -0.3 is 24.1 Å². The first-order valence-electron chi connectivity index (χ1n) is 11.2. The van der Waals surface area contributed by atoms with Crippen molar-refractivity contribution < 1.29 is 28.8 Å². The van der Waals surface area contributed by atoms with E-state index in [1.807, 2.05) is 12.1 Å². The Morgan fingerprint density at radius 2 is 1.79 bits per heavy atom. The molecule has 3 atom stereocenters. The largest absolute Gasteiger partial charge is 0.492 e. The van der Waals surface area contributed by atoms with Gasteiger partial charge in [-0.05, 0) is 55.8 Å². The lowest BCUT2D eigenvalue weighted by Crippen LogP contribution is -2.39. The first-order chi connectivity index (χ1) is 16.3. The third kappa shape index (κ3) is 3.63. The number of hydrogen-bond acceptors (Lipinski definition) is 6. The fourth-order valence-electron chi connectivity index (χ4n) is 4.79. The van der Waals surface area contributed by atoms with Crippen LogP contribution < -0.4 is 18.9 Å². The highest BCUT2D eigenvalue weighted by Gasteiger charge is 2.43. The highest BCUT2D eigenvalue weighted by Crippen LogP contribution is 2.53. The summed E-state index contributed by atoms with van der Waals surface area (Å²) in [4.78, 5) is 12.5. The second-order valence-corrected chi connectivity index (χ2v) is 10.4. The number of halogens is 1. The normalized spacial score (nSPS) is 21.8. The summed E-state index contributed by atoms with van der Waals surface area (Å²) < 4.78 is 24.9. The minimum absolute atomic E-state index is 0.0455. The Hall–Kier alpha value is -3.03. The van der Waals surface area contributed by atoms with Crippen molar-refractivity contribution in [2.75, 3.05) is 6.61 Å². The van der Waals surface area contributed by atoms with Gasteiger partial charge in [0.1, 0.15) is 35.2 Å². The van der Waals surface area contributed by atoms with Crippen LogP contribution in [0.5, 0.6) is 23.0 Å². The fourth-order valence-corrected chi connectivity index (χ4v) is 5.05. The van der Waals surface area contributed by atoms with E-state index in [0.717, 1.165) is 32.7 Å². The van der Waals surface area contributed by atoms with Gasteiger partial charge in [0.25, 0.3) is 0 Å². The SMILES string of the molecule is CC(C)(O)C1Cc2cc3c(cc2O1)OC[C@H]1c2ccc(OC(=O)c4ccc(Br)cc4)cc2O[C@@H]31. The number of ether oxygens (including phenoxy) is 4. The lowest BCUT2D eigenvalue weighted by Gasteiger charge is -2.28. The molecule has 0 saturated carbocycles. The summed E-state index contributed by atoms with van der Waals surface area (Å²) in [5.41, 5.74) is 2.58. The van der Waals surface area contributed by atoms with Gasteiger partial charge in [-0.15, -0.1) is 0 Å². The molecular weight excluding hydrogens is 500 g/mol. The molecule has 174 valence electrons. The molecule has 0 aromatic heterocycles. The van der Waals surface area contributed by atoms with E-state index in [-0.39, 0.29) is 18.1 Å². The van der Waals surface area contributed by atoms with Crippen molar-refractivity contribution in [3.05, 3.63) is 81.3 Å². The number of benzene rings is 3. The standard InChI is InChI=1S/C27H23BrO6/c1-27(2,30)24-10-15-9-19-22(12-21(15)33-24)31-13-20-18-8-7-17(11-23(18)34-25(19)20)32-26(29)14-3-5-16(28)6-4-14/h3-9,11-12,20,24-25,30H,10,13H2,1-2H3/t20-,24?,25-/m0/s1. The number of fused-ring (bicyclic) bond motifs is 6. The van der Waals surface area contributed by atoms with Gasteiger partial charge >= 0.3 is 5.97 Å². The molecule has 3 aliphatic rings. The van der Waals surface area contributed by atoms with Crippen LogP contribution in [0.3, 0.4) is 0 Å². The molecule has 3 aromatic rings. The Balaban J connectivity index is 1.24. The van der Waals surface area contributed by atoms with Crippen molar-refractivity contribution in [2.24, 2.45) is 0 Å². The van der Waals surface area contributed by atoms with E-state index in [1.165, 1.54) is 0 Å². The zero-order chi connectivity index (χ0) is 23.6. The van der Waals surface area contributed by atoms with Crippen LogP contribution in [0.15, 0.2) is 59.1 Å². The highest BCUT2D eigenvalue weighted by molar-refractivity contribution is 9.10. The van der Waals surface area contributed by atoms with Crippen LogP contribution in [-0.2, 0) is 6.42 Å². The quantitative estimate of drug-likeness (QED) is 0.369. The molecule has 1 N–H and O–H groups in total. The third-order valence-corrected chi connectivity index (χ3v) is 7.20. The van der Waals surface area contributed by atoms with Crippen molar-refractivity contribution >= 4 is 21.9 Å². The fraction of sp³-hybridized carbons (Fsp3) is 0.296. The molecule has 7 heteroatoms. The van der Waals surface area contributed by atoms with Gasteiger partial charge in [0.2, 0.25) is 0 Å². The van der Waals surface area contributed by atoms with E-state index in [2.05, 4.69) is 22.0 Å². The van der Waals surface area contributed by atoms with E-state index in [1.54, 1.807) is 50.2 Å². The number of aliphatic hydroxyl groups is 1. The highest BCUT2D eigenvalue weighted by atomic mass is 79.9. The van der Waals surface area contributed by atoms with E-state index in [4.69, 9.17) is 18.9 Å². The predicted molar refractivity (Wildman–Crippen MR) is 128 cm³/mol. The molecule has 0 saturated heterocycles. The second kappa shape index (κ2) is 7.75. The maximum absolute atomic E-state index is 12.5. The molecule has 1 unspecified atom stereocenters. The van der Waals surface area contributed by atoms with Crippen molar-refractivity contribution in [1.29, 1.82) is 0 Å². The van der Waals surface area contributed by atoms with Crippen LogP contribution in [0.4, 0.5) is 0 Å². The number of carbonyl (C=O) groups excluding carboxylic acids is 1. The molecule has 0 spiro atoms. The summed E-state index contributed by atoms with van der Waals surface area (Å²) in [5, 5.41) is 10.4. The van der Waals surface area contributed by atoms with Crippen LogP contribution in [-0.4, -0.2) is 29.4 Å². The van der Waals surface area contributed by atoms with Gasteiger partial charge in [0.15, 0.2) is 0 Å². The number of hydrogen-bond donors (Lipinski definition) is 1. The lowest BCUT2D eigenvalue weighted by molar-refractivity contribution is -0.0230. The lowest BCUT2D eigenvalue weighted by atomic mass is 9.88. The summed E-state index contributed by atoms with van der Waals surface area (Å²) >= 11 is 3.37. The minimum Gasteiger partial charge on any atom is -0.492 e. The van der Waals surface area contributed by atoms with Gasteiger partial charge in [-0.2, -0.15) is 0 Å². The molecule has 3 aromatic carbocycles. The Morgan fingerprint density at radius 3 is 2.56 bits per heavy atom. The maximum atomic E-state index is 12.5. The average Bonchev–Trinajstić information content (AvgIpc) is 3.38. The summed E-state index contributed by atoms with van der Waals surface area (Å²) in [7, 11) is 0. The van der Waals surface area contributed by atoms with Gasteiger partial charge in [0.05, 0.1) is 23.7 Å². The molecule has 34 heavy (non-hydrogen) atoms. The van der Waals surface area contributed by atoms with Gasteiger partial charge in [-0.3, -0.25) is 0 Å². The van der Waals surface area contributed by atoms with Gasteiger partial charge in [-0.25, -0.2) is 4.79 Å². The topological polar surface area (TPSA) is 74.2 Å². The Bertz CT molecular complexity index is 1290. The molecule has 0 radical (unpaired) electrons. The predicted octanol–water partition coefficient (Wildman–Crippen LogP) is 5.35. The zero-order valence-corrected chi connectivity index (χ0v) is 20.3. The molecule has 3 aliphatic heterocycles. The zero-order valence-electron chi connectivity index (χ0n) is 18.7. The second-order valence-electron chi connectivity index (χ2n) is 9.51. The molecule has 0 bridgehead atoms. The van der Waals surface area contributed by atoms with Crippen LogP contribution in [0, 0.1) is 0 Å². The van der Waals surface area contributed by atoms with Crippen molar-refractivity contribution in [1.82, 2.24) is 0 Å². The first kappa shape index (κ1) is 21.5. The Labute approximate surface area is 205 Å². The van der Waals surface area contributed by atoms with Crippen molar-refractivity contribution in [3.63, 3.8) is 0 Å². The molecule has 0 fully saturated rings. The van der Waals surface area contributed by atoms with Crippen LogP contribution in [0.2, 0.25) is 0 Å². The summed E-state index contributed by atoms with van der Waals surface area (Å²) in [5.74, 6) is 2.24. The van der Waals surface area contributed by atoms with Crippen molar-refractivity contribution in [3.8, 4) is 23.0 Å². The number of carbonyl (C=O) groups is 1. The molecule has 3 heterocycles. The van der Waals surface area contributed by atoms with E-state index < -0.39 is 11.6 Å². The van der Waals surface area contributed by atoms with Gasteiger partial charge in [-0.1, -0.05) is 22.0 Å². The summed E-state index contributed by atoms with van der Waals surface area (Å²) in [6.07, 6.45) is 0.140. The summed E-state index contributed by atoms with van der Waals surface area (Å²) in [6.45, 7) is 4.00. The average molecular weight is 523 g/mol. The van der Waals surface area contributed by atoms with Crippen LogP contribution in [0.25, 0.3) is 0 Å². The number of rotatable bonds is 3. The van der Waals surface area contributed by atoms with E-state index in [0.29, 0.717) is 30.1 Å². The van der Waals surface area contributed by atoms with Crippen LogP contribution in [0.1, 0.15) is 52.9 Å². The number of esters is 1. The summed E-state index contributed by atoms with van der Waals surface area (Å²) in [6, 6.07) is 16.5. The molecule has 6 rings (SSSR count). The van der Waals surface area contributed by atoms with Crippen molar-refractivity contribution in [2.45, 2.75) is 44.0 Å². The van der Waals surface area contributed by atoms with Gasteiger partial charge in [0, 0.05) is 34.2 Å². The first-order valence-corrected chi connectivity index (χ1v) is 12.0. The maximum Gasteiger partial charge on any atom is 0.343 e. The van der Waals surface area contributed by atoms with E-state index in [9.17, 15) is 9.90 Å². The minimum atomic E-state index is -0.937. The molecule has 0 amide bonds. The third-order valence-electron chi connectivity index (χ3n) is 6.67. The Kier molecular flexibility index (Phi) is 4.90. The van der Waals surface area contributed by atoms with Crippen LogP contribution >= 0.6 is 15.9 Å². The monoisotopic (exact) mass is 522 g/mol. The molecule has 6 nitrogen and oxygen atoms in total. The molecule has 0 aliphatic carbocycles. The Morgan fingerprint density at radius 1 is 1.00 bits per heavy atom. The smallest absolute Gasteiger partial charge is 0.343 e.